The van der Waals surface area contributed by atoms with Crippen molar-refractivity contribution in [1.29, 1.82) is 0 Å². The molecule has 35 heavy (non-hydrogen) atoms. The van der Waals surface area contributed by atoms with Crippen molar-refractivity contribution in [2.75, 3.05) is 13.7 Å². The van der Waals surface area contributed by atoms with Crippen molar-refractivity contribution in [3.63, 3.8) is 0 Å². The van der Waals surface area contributed by atoms with Gasteiger partial charge >= 0.3 is 0 Å². The fourth-order valence-electron chi connectivity index (χ4n) is 4.60. The summed E-state index contributed by atoms with van der Waals surface area (Å²) in [5, 5.41) is 17.8. The molecule has 2 heterocycles. The normalized spacial score (nSPS) is 14.7. The monoisotopic (exact) mass is 469 g/mol. The highest BCUT2D eigenvalue weighted by atomic mass is 16.5. The first-order valence-electron chi connectivity index (χ1n) is 11.6. The highest BCUT2D eigenvalue weighted by Gasteiger charge is 2.42. The average molecular weight is 470 g/mol. The Kier molecular flexibility index (Phi) is 6.14. The minimum Gasteiger partial charge on any atom is -0.507 e. The number of amides is 1. The van der Waals surface area contributed by atoms with Crippen LogP contribution in [0.25, 0.3) is 11.3 Å². The lowest BCUT2D eigenvalue weighted by atomic mass is 9.95. The Morgan fingerprint density at radius 3 is 2.54 bits per heavy atom. The molecule has 1 amide bonds. The number of ether oxygens (including phenoxy) is 2. The molecule has 1 aromatic heterocycles. The molecule has 1 atom stereocenters. The zero-order valence-electron chi connectivity index (χ0n) is 19.7. The van der Waals surface area contributed by atoms with Gasteiger partial charge in [-0.3, -0.25) is 9.89 Å². The third kappa shape index (κ3) is 4.10. The van der Waals surface area contributed by atoms with E-state index in [1.807, 2.05) is 66.4 Å². The first-order valence-corrected chi connectivity index (χ1v) is 11.6. The van der Waals surface area contributed by atoms with Crippen LogP contribution < -0.4 is 9.47 Å². The molecular formula is C28H27N3O4. The standard InChI is InChI=1S/C28H27N3O4/c1-3-15-31-27(24-25(29-30-26(24)28(31)33)20-11-7-8-12-21(20)32)19-13-14-22(23(16-19)34-2)35-17-18-9-5-4-6-10-18/h4-14,16,27,32H,3,15,17H2,1-2H3,(H,29,30)/t27-/m0/s1. The Labute approximate surface area is 203 Å². The summed E-state index contributed by atoms with van der Waals surface area (Å²) in [6, 6.07) is 22.3. The topological polar surface area (TPSA) is 87.7 Å². The number of H-pyrrole nitrogens is 1. The summed E-state index contributed by atoms with van der Waals surface area (Å²) in [6.45, 7) is 3.05. The van der Waals surface area contributed by atoms with E-state index in [4.69, 9.17) is 9.47 Å². The minimum atomic E-state index is -0.372. The number of carbonyl (C=O) groups is 1. The zero-order chi connectivity index (χ0) is 24.4. The molecule has 3 aromatic carbocycles. The van der Waals surface area contributed by atoms with E-state index in [0.29, 0.717) is 41.6 Å². The van der Waals surface area contributed by atoms with Crippen molar-refractivity contribution in [3.8, 4) is 28.5 Å². The van der Waals surface area contributed by atoms with Gasteiger partial charge < -0.3 is 19.5 Å². The molecule has 0 bridgehead atoms. The molecule has 7 heteroatoms. The lowest BCUT2D eigenvalue weighted by molar-refractivity contribution is 0.0743. The van der Waals surface area contributed by atoms with Crippen LogP contribution in [0.15, 0.2) is 72.8 Å². The van der Waals surface area contributed by atoms with Crippen molar-refractivity contribution < 1.29 is 19.4 Å². The van der Waals surface area contributed by atoms with E-state index in [1.165, 1.54) is 0 Å². The molecule has 0 saturated heterocycles. The fraction of sp³-hybridized carbons (Fsp3) is 0.214. The van der Waals surface area contributed by atoms with Crippen molar-refractivity contribution in [2.45, 2.75) is 26.0 Å². The highest BCUT2D eigenvalue weighted by Crippen LogP contribution is 2.45. The Bertz CT molecular complexity index is 1350. The molecule has 0 saturated carbocycles. The zero-order valence-corrected chi connectivity index (χ0v) is 19.7. The smallest absolute Gasteiger partial charge is 0.273 e. The number of aromatic nitrogens is 2. The van der Waals surface area contributed by atoms with Gasteiger partial charge in [0.15, 0.2) is 11.5 Å². The van der Waals surface area contributed by atoms with Gasteiger partial charge in [-0.2, -0.15) is 5.10 Å². The maximum atomic E-state index is 13.3. The van der Waals surface area contributed by atoms with Crippen LogP contribution in [0.1, 0.15) is 46.6 Å². The van der Waals surface area contributed by atoms with Crippen LogP contribution in [0, 0.1) is 0 Å². The number of phenolic OH excluding ortho intramolecular Hbond substituents is 1. The number of para-hydroxylation sites is 1. The van der Waals surface area contributed by atoms with Gasteiger partial charge in [0, 0.05) is 17.7 Å². The summed E-state index contributed by atoms with van der Waals surface area (Å²) in [7, 11) is 1.61. The van der Waals surface area contributed by atoms with E-state index < -0.39 is 0 Å². The van der Waals surface area contributed by atoms with E-state index in [2.05, 4.69) is 10.2 Å². The van der Waals surface area contributed by atoms with Crippen LogP contribution in [0.3, 0.4) is 0 Å². The molecule has 2 N–H and O–H groups in total. The number of benzene rings is 3. The van der Waals surface area contributed by atoms with Gasteiger partial charge in [0.05, 0.1) is 13.2 Å². The van der Waals surface area contributed by atoms with Crippen LogP contribution >= 0.6 is 0 Å². The van der Waals surface area contributed by atoms with Crippen LogP contribution in [0.2, 0.25) is 0 Å². The molecular weight excluding hydrogens is 442 g/mol. The maximum absolute atomic E-state index is 13.3. The van der Waals surface area contributed by atoms with E-state index in [-0.39, 0.29) is 17.7 Å². The molecule has 7 nitrogen and oxygen atoms in total. The van der Waals surface area contributed by atoms with E-state index in [1.54, 1.807) is 25.3 Å². The quantitative estimate of drug-likeness (QED) is 0.364. The van der Waals surface area contributed by atoms with Crippen LogP contribution in [0.4, 0.5) is 0 Å². The number of fused-ring (bicyclic) bond motifs is 1. The maximum Gasteiger partial charge on any atom is 0.273 e. The minimum absolute atomic E-state index is 0.107. The number of carbonyl (C=O) groups excluding carboxylic acids is 1. The van der Waals surface area contributed by atoms with Crippen LogP contribution in [0.5, 0.6) is 17.2 Å². The first kappa shape index (κ1) is 22.5. The molecule has 4 aromatic rings. The second-order valence-corrected chi connectivity index (χ2v) is 8.46. The molecule has 0 radical (unpaired) electrons. The molecule has 1 aliphatic rings. The molecule has 0 fully saturated rings. The lowest BCUT2D eigenvalue weighted by Gasteiger charge is -2.26. The first-order chi connectivity index (χ1) is 17.1. The number of nitrogens with zero attached hydrogens (tertiary/aromatic N) is 2. The van der Waals surface area contributed by atoms with Gasteiger partial charge in [-0.05, 0) is 41.8 Å². The number of hydrogen-bond acceptors (Lipinski definition) is 5. The lowest BCUT2D eigenvalue weighted by Crippen LogP contribution is -2.30. The molecule has 5 rings (SSSR count). The van der Waals surface area contributed by atoms with Crippen molar-refractivity contribution in [1.82, 2.24) is 15.1 Å². The molecule has 178 valence electrons. The summed E-state index contributed by atoms with van der Waals surface area (Å²) in [5.41, 5.74) is 4.29. The largest absolute Gasteiger partial charge is 0.507 e. The molecule has 0 unspecified atom stereocenters. The summed E-state index contributed by atoms with van der Waals surface area (Å²) in [6.07, 6.45) is 0.807. The van der Waals surface area contributed by atoms with E-state index >= 15 is 0 Å². The molecule has 0 aliphatic carbocycles. The number of aromatic hydroxyl groups is 1. The second-order valence-electron chi connectivity index (χ2n) is 8.46. The van der Waals surface area contributed by atoms with Crippen molar-refractivity contribution >= 4 is 5.91 Å². The second kappa shape index (κ2) is 9.54. The predicted octanol–water partition coefficient (Wildman–Crippen LogP) is 5.33. The Balaban J connectivity index is 1.55. The number of methoxy groups -OCH3 is 1. The van der Waals surface area contributed by atoms with Gasteiger partial charge in [-0.15, -0.1) is 0 Å². The number of aromatic amines is 1. The molecule has 0 spiro atoms. The number of phenols is 1. The van der Waals surface area contributed by atoms with Gasteiger partial charge in [-0.1, -0.05) is 55.5 Å². The summed E-state index contributed by atoms with van der Waals surface area (Å²) in [4.78, 5) is 15.2. The summed E-state index contributed by atoms with van der Waals surface area (Å²) < 4.78 is 11.7. The Morgan fingerprint density at radius 2 is 1.80 bits per heavy atom. The number of hydrogen-bond donors (Lipinski definition) is 2. The highest BCUT2D eigenvalue weighted by molar-refractivity contribution is 6.00. The van der Waals surface area contributed by atoms with E-state index in [0.717, 1.165) is 23.1 Å². The van der Waals surface area contributed by atoms with Gasteiger partial charge in [-0.25, -0.2) is 0 Å². The third-order valence-electron chi connectivity index (χ3n) is 6.23. The SMILES string of the molecule is CCCN1C(=O)c2[nH]nc(-c3ccccc3O)c2[C@@H]1c1ccc(OCc2ccccc2)c(OC)c1. The Morgan fingerprint density at radius 1 is 1.03 bits per heavy atom. The molecule has 1 aliphatic heterocycles. The summed E-state index contributed by atoms with van der Waals surface area (Å²) in [5.74, 6) is 1.22. The van der Waals surface area contributed by atoms with Crippen LogP contribution in [-0.4, -0.2) is 39.8 Å². The summed E-state index contributed by atoms with van der Waals surface area (Å²) >= 11 is 0. The number of nitrogens with one attached hydrogen (secondary N) is 1. The third-order valence-corrected chi connectivity index (χ3v) is 6.23. The van der Waals surface area contributed by atoms with Gasteiger partial charge in [0.1, 0.15) is 23.7 Å². The fourth-order valence-corrected chi connectivity index (χ4v) is 4.60. The predicted molar refractivity (Wildman–Crippen MR) is 133 cm³/mol. The van der Waals surface area contributed by atoms with Crippen molar-refractivity contribution in [3.05, 3.63) is 95.2 Å². The average Bonchev–Trinajstić information content (AvgIpc) is 3.43. The van der Waals surface area contributed by atoms with E-state index in [9.17, 15) is 9.90 Å². The Hall–Kier alpha value is -4.26. The van der Waals surface area contributed by atoms with Gasteiger partial charge in [0.2, 0.25) is 0 Å². The van der Waals surface area contributed by atoms with Crippen molar-refractivity contribution in [2.24, 2.45) is 0 Å². The number of rotatable bonds is 8. The van der Waals surface area contributed by atoms with Crippen LogP contribution in [-0.2, 0) is 6.61 Å². The van der Waals surface area contributed by atoms with Gasteiger partial charge in [0.25, 0.3) is 5.91 Å².